The van der Waals surface area contributed by atoms with Gasteiger partial charge >= 0.3 is 0 Å². The highest BCUT2D eigenvalue weighted by Crippen LogP contribution is 2.28. The van der Waals surface area contributed by atoms with Gasteiger partial charge in [-0.05, 0) is 44.8 Å². The minimum absolute atomic E-state index is 0.256. The van der Waals surface area contributed by atoms with Crippen LogP contribution in [0.15, 0.2) is 40.8 Å². The van der Waals surface area contributed by atoms with Gasteiger partial charge in [-0.25, -0.2) is 15.0 Å². The number of aromatic nitrogens is 3. The topological polar surface area (TPSA) is 50.7 Å². The number of nitrogens with zero attached hydrogens (tertiary/aromatic N) is 3. The van der Waals surface area contributed by atoms with Crippen LogP contribution in [0.25, 0.3) is 0 Å². The second-order valence-corrected chi connectivity index (χ2v) is 4.95. The van der Waals surface area contributed by atoms with E-state index in [0.717, 1.165) is 21.4 Å². The molecular formula is C13H16N4S. The average molecular weight is 260 g/mol. The smallest absolute Gasteiger partial charge is 0.194 e. The van der Waals surface area contributed by atoms with Crippen molar-refractivity contribution in [2.24, 2.45) is 0 Å². The summed E-state index contributed by atoms with van der Waals surface area (Å²) in [7, 11) is 1.94. The minimum atomic E-state index is 0.256. The fourth-order valence-corrected chi connectivity index (χ4v) is 2.49. The molecule has 18 heavy (non-hydrogen) atoms. The molecule has 0 saturated carbocycles. The molecule has 1 atom stereocenters. The summed E-state index contributed by atoms with van der Waals surface area (Å²) < 4.78 is 0. The Hall–Kier alpha value is -1.46. The van der Waals surface area contributed by atoms with Gasteiger partial charge < -0.3 is 5.32 Å². The van der Waals surface area contributed by atoms with Crippen LogP contribution in [0.2, 0.25) is 0 Å². The Labute approximate surface area is 111 Å². The Morgan fingerprint density at radius 2 is 2.06 bits per heavy atom. The predicted molar refractivity (Wildman–Crippen MR) is 72.6 cm³/mol. The van der Waals surface area contributed by atoms with E-state index >= 15 is 0 Å². The molecule has 0 fully saturated rings. The molecule has 0 aliphatic heterocycles. The molecule has 2 aromatic heterocycles. The van der Waals surface area contributed by atoms with Crippen molar-refractivity contribution in [3.05, 3.63) is 41.9 Å². The van der Waals surface area contributed by atoms with Crippen LogP contribution >= 0.6 is 11.8 Å². The minimum Gasteiger partial charge on any atom is -0.313 e. The van der Waals surface area contributed by atoms with E-state index in [1.165, 1.54) is 11.8 Å². The van der Waals surface area contributed by atoms with Crippen molar-refractivity contribution in [3.63, 3.8) is 0 Å². The van der Waals surface area contributed by atoms with E-state index in [0.29, 0.717) is 0 Å². The van der Waals surface area contributed by atoms with Crippen molar-refractivity contribution >= 4 is 11.8 Å². The summed E-state index contributed by atoms with van der Waals surface area (Å²) in [6, 6.07) is 6.17. The molecule has 5 heteroatoms. The van der Waals surface area contributed by atoms with Crippen LogP contribution in [0.4, 0.5) is 0 Å². The first-order valence-electron chi connectivity index (χ1n) is 5.80. The number of hydrogen-bond donors (Lipinski definition) is 1. The van der Waals surface area contributed by atoms with E-state index in [9.17, 15) is 0 Å². The van der Waals surface area contributed by atoms with Crippen molar-refractivity contribution in [3.8, 4) is 0 Å². The molecule has 0 aliphatic rings. The summed E-state index contributed by atoms with van der Waals surface area (Å²) in [6.07, 6.45) is 3.57. The molecule has 0 saturated heterocycles. The van der Waals surface area contributed by atoms with Gasteiger partial charge in [0.2, 0.25) is 0 Å². The third kappa shape index (κ3) is 3.05. The van der Waals surface area contributed by atoms with Gasteiger partial charge in [-0.2, -0.15) is 0 Å². The lowest BCUT2D eigenvalue weighted by Crippen LogP contribution is -2.13. The zero-order valence-electron chi connectivity index (χ0n) is 10.7. The fourth-order valence-electron chi connectivity index (χ4n) is 1.54. The largest absolute Gasteiger partial charge is 0.313 e. The maximum absolute atomic E-state index is 4.42. The van der Waals surface area contributed by atoms with Gasteiger partial charge in [0.05, 0.1) is 0 Å². The highest BCUT2D eigenvalue weighted by molar-refractivity contribution is 7.99. The van der Waals surface area contributed by atoms with Gasteiger partial charge in [-0.1, -0.05) is 6.07 Å². The molecule has 0 aromatic carbocycles. The molecule has 94 valence electrons. The van der Waals surface area contributed by atoms with Crippen LogP contribution in [-0.2, 0) is 0 Å². The molecule has 0 amide bonds. The normalized spacial score (nSPS) is 12.4. The van der Waals surface area contributed by atoms with E-state index in [2.05, 4.69) is 33.3 Å². The lowest BCUT2D eigenvalue weighted by Gasteiger charge is -2.13. The first kappa shape index (κ1) is 13.0. The van der Waals surface area contributed by atoms with Gasteiger partial charge in [0.15, 0.2) is 5.16 Å². The van der Waals surface area contributed by atoms with Crippen LogP contribution < -0.4 is 5.32 Å². The summed E-state index contributed by atoms with van der Waals surface area (Å²) in [5, 5.41) is 4.91. The first-order chi connectivity index (χ1) is 8.70. The Morgan fingerprint density at radius 1 is 1.22 bits per heavy atom. The summed E-state index contributed by atoms with van der Waals surface area (Å²) in [6.45, 7) is 4.07. The van der Waals surface area contributed by atoms with E-state index < -0.39 is 0 Å². The lowest BCUT2D eigenvalue weighted by molar-refractivity contribution is 0.634. The van der Waals surface area contributed by atoms with Crippen LogP contribution in [0.3, 0.4) is 0 Å². The Kier molecular flexibility index (Phi) is 4.28. The van der Waals surface area contributed by atoms with Crippen LogP contribution in [0.1, 0.15) is 24.2 Å². The maximum Gasteiger partial charge on any atom is 0.194 e. The van der Waals surface area contributed by atoms with E-state index in [1.807, 2.05) is 26.1 Å². The monoisotopic (exact) mass is 260 g/mol. The highest BCUT2D eigenvalue weighted by Gasteiger charge is 2.12. The van der Waals surface area contributed by atoms with Gasteiger partial charge in [0, 0.05) is 29.7 Å². The van der Waals surface area contributed by atoms with Crippen molar-refractivity contribution < 1.29 is 0 Å². The molecule has 1 unspecified atom stereocenters. The van der Waals surface area contributed by atoms with E-state index in [4.69, 9.17) is 0 Å². The Balaban J connectivity index is 2.29. The average Bonchev–Trinajstić information content (AvgIpc) is 2.38. The second-order valence-electron chi connectivity index (χ2n) is 3.99. The molecule has 0 spiro atoms. The molecule has 0 radical (unpaired) electrons. The lowest BCUT2D eigenvalue weighted by atomic mass is 10.1. The molecule has 0 bridgehead atoms. The van der Waals surface area contributed by atoms with Crippen molar-refractivity contribution in [1.29, 1.82) is 0 Å². The third-order valence-electron chi connectivity index (χ3n) is 2.66. The summed E-state index contributed by atoms with van der Waals surface area (Å²) >= 11 is 1.50. The highest BCUT2D eigenvalue weighted by atomic mass is 32.2. The molecule has 1 N–H and O–H groups in total. The summed E-state index contributed by atoms with van der Waals surface area (Å²) in [4.78, 5) is 13.1. The van der Waals surface area contributed by atoms with Crippen molar-refractivity contribution in [2.45, 2.75) is 30.1 Å². The molecule has 2 rings (SSSR count). The molecule has 0 aliphatic carbocycles. The summed E-state index contributed by atoms with van der Waals surface area (Å²) in [5.41, 5.74) is 2.13. The van der Waals surface area contributed by atoms with Crippen molar-refractivity contribution in [1.82, 2.24) is 20.3 Å². The predicted octanol–water partition coefficient (Wildman–Crippen LogP) is 2.61. The van der Waals surface area contributed by atoms with E-state index in [1.54, 1.807) is 12.4 Å². The third-order valence-corrected chi connectivity index (χ3v) is 3.57. The number of nitrogens with one attached hydrogen (secondary N) is 1. The molecular weight excluding hydrogens is 244 g/mol. The van der Waals surface area contributed by atoms with Crippen LogP contribution in [0.5, 0.6) is 0 Å². The first-order valence-corrected chi connectivity index (χ1v) is 6.62. The quantitative estimate of drug-likeness (QED) is 0.856. The molecule has 2 heterocycles. The fraction of sp³-hybridized carbons (Fsp3) is 0.308. The maximum atomic E-state index is 4.42. The zero-order valence-corrected chi connectivity index (χ0v) is 11.5. The van der Waals surface area contributed by atoms with E-state index in [-0.39, 0.29) is 6.04 Å². The SMILES string of the molecule is CNC(C)c1cccnc1Sc1nccc(C)n1. The van der Waals surface area contributed by atoms with Gasteiger partial charge in [-0.15, -0.1) is 0 Å². The van der Waals surface area contributed by atoms with Gasteiger partial charge in [0.25, 0.3) is 0 Å². The Bertz CT molecular complexity index is 530. The number of aryl methyl sites for hydroxylation is 1. The number of hydrogen-bond acceptors (Lipinski definition) is 5. The number of pyridine rings is 1. The zero-order chi connectivity index (χ0) is 13.0. The number of rotatable bonds is 4. The van der Waals surface area contributed by atoms with Gasteiger partial charge in [-0.3, -0.25) is 0 Å². The second kappa shape index (κ2) is 5.93. The van der Waals surface area contributed by atoms with Crippen molar-refractivity contribution in [2.75, 3.05) is 7.05 Å². The molecule has 4 nitrogen and oxygen atoms in total. The van der Waals surface area contributed by atoms with Crippen LogP contribution in [0, 0.1) is 6.92 Å². The summed E-state index contributed by atoms with van der Waals surface area (Å²) in [5.74, 6) is 0. The van der Waals surface area contributed by atoms with Crippen LogP contribution in [-0.4, -0.2) is 22.0 Å². The Morgan fingerprint density at radius 3 is 2.78 bits per heavy atom. The molecule has 2 aromatic rings. The van der Waals surface area contributed by atoms with Gasteiger partial charge in [0.1, 0.15) is 5.03 Å². The standard InChI is InChI=1S/C13H16N4S/c1-9-6-8-16-13(17-9)18-12-11(10(2)14-3)5-4-7-15-12/h4-8,10,14H,1-3H3.